The zero-order valence-electron chi connectivity index (χ0n) is 18.6. The number of hydrogen-bond donors (Lipinski definition) is 2. The number of halogens is 2. The van der Waals surface area contributed by atoms with Gasteiger partial charge in [0.2, 0.25) is 0 Å². The van der Waals surface area contributed by atoms with Crippen molar-refractivity contribution in [3.8, 4) is 0 Å². The van der Waals surface area contributed by atoms with Gasteiger partial charge in [-0.3, -0.25) is 9.69 Å². The van der Waals surface area contributed by atoms with Gasteiger partial charge in [0.1, 0.15) is 5.82 Å². The molecule has 3 fully saturated rings. The Labute approximate surface area is 203 Å². The summed E-state index contributed by atoms with van der Waals surface area (Å²) >= 11 is 12.2. The van der Waals surface area contributed by atoms with Crippen molar-refractivity contribution >= 4 is 29.2 Å². The fourth-order valence-electron chi connectivity index (χ4n) is 5.22. The molecule has 5 rings (SSSR count). The summed E-state index contributed by atoms with van der Waals surface area (Å²) in [5, 5.41) is 4.14. The topological polar surface area (TPSA) is 81.3 Å². The SMILES string of the molecule is O=C(NCc1cc(=O)[nH]c(C2CC2)n1)N1CCCC2(CCN(Cc3ccc(Cl)c(Cl)c3)C2)C1. The molecule has 176 valence electrons. The summed E-state index contributed by atoms with van der Waals surface area (Å²) in [5.41, 5.74) is 1.76. The molecule has 3 heterocycles. The zero-order chi connectivity index (χ0) is 23.0. The number of aromatic nitrogens is 2. The van der Waals surface area contributed by atoms with Gasteiger partial charge in [-0.2, -0.15) is 0 Å². The second kappa shape index (κ2) is 9.28. The highest BCUT2D eigenvalue weighted by atomic mass is 35.5. The summed E-state index contributed by atoms with van der Waals surface area (Å²) < 4.78 is 0. The van der Waals surface area contributed by atoms with Crippen LogP contribution >= 0.6 is 23.2 Å². The second-order valence-corrected chi connectivity index (χ2v) is 10.6. The number of carbonyl (C=O) groups excluding carboxylic acids is 1. The van der Waals surface area contributed by atoms with Crippen LogP contribution in [0.3, 0.4) is 0 Å². The first-order valence-electron chi connectivity index (χ1n) is 11.7. The number of piperidine rings is 1. The van der Waals surface area contributed by atoms with Crippen molar-refractivity contribution in [2.24, 2.45) is 5.41 Å². The summed E-state index contributed by atoms with van der Waals surface area (Å²) in [6.07, 6.45) is 5.35. The number of carbonyl (C=O) groups is 1. The molecule has 0 radical (unpaired) electrons. The standard InChI is InChI=1S/C24H29Cl2N5O2/c25-19-5-2-16(10-20(19)26)13-30-9-7-24(14-30)6-1-8-31(15-24)23(33)27-12-18-11-21(32)29-22(28-18)17-3-4-17/h2,5,10-11,17H,1,3-4,6-9,12-15H2,(H,27,33)(H,28,29,32). The molecule has 1 saturated carbocycles. The van der Waals surface area contributed by atoms with Crippen LogP contribution in [0.4, 0.5) is 4.79 Å². The van der Waals surface area contributed by atoms with E-state index in [1.54, 1.807) is 0 Å². The minimum atomic E-state index is -0.152. The van der Waals surface area contributed by atoms with Crippen LogP contribution in [0.1, 0.15) is 55.1 Å². The Kier molecular flexibility index (Phi) is 6.38. The molecule has 2 N–H and O–H groups in total. The smallest absolute Gasteiger partial charge is 0.317 e. The van der Waals surface area contributed by atoms with E-state index in [-0.39, 0.29) is 23.6 Å². The van der Waals surface area contributed by atoms with Crippen LogP contribution in [-0.4, -0.2) is 52.0 Å². The lowest BCUT2D eigenvalue weighted by atomic mass is 9.79. The Bertz CT molecular complexity index is 1100. The van der Waals surface area contributed by atoms with Crippen LogP contribution in [0.25, 0.3) is 0 Å². The Morgan fingerprint density at radius 3 is 2.79 bits per heavy atom. The predicted octanol–water partition coefficient (Wildman–Crippen LogP) is 4.15. The van der Waals surface area contributed by atoms with Gasteiger partial charge in [0, 0.05) is 43.6 Å². The monoisotopic (exact) mass is 489 g/mol. The van der Waals surface area contributed by atoms with E-state index in [4.69, 9.17) is 23.2 Å². The highest BCUT2D eigenvalue weighted by molar-refractivity contribution is 6.42. The summed E-state index contributed by atoms with van der Waals surface area (Å²) in [4.78, 5) is 36.6. The molecule has 7 nitrogen and oxygen atoms in total. The van der Waals surface area contributed by atoms with Gasteiger partial charge in [0.25, 0.3) is 5.56 Å². The van der Waals surface area contributed by atoms with Gasteiger partial charge in [0.15, 0.2) is 0 Å². The van der Waals surface area contributed by atoms with Crippen LogP contribution in [0.5, 0.6) is 0 Å². The molecule has 1 unspecified atom stereocenters. The Hall–Kier alpha value is -2.09. The molecular weight excluding hydrogens is 461 g/mol. The molecule has 33 heavy (non-hydrogen) atoms. The Morgan fingerprint density at radius 2 is 2.00 bits per heavy atom. The van der Waals surface area contributed by atoms with E-state index in [0.29, 0.717) is 21.7 Å². The van der Waals surface area contributed by atoms with E-state index in [2.05, 4.69) is 20.2 Å². The third kappa shape index (κ3) is 5.36. The first-order chi connectivity index (χ1) is 15.9. The van der Waals surface area contributed by atoms with Crippen molar-refractivity contribution in [2.75, 3.05) is 26.2 Å². The van der Waals surface area contributed by atoms with E-state index in [1.807, 2.05) is 23.1 Å². The quantitative estimate of drug-likeness (QED) is 0.660. The maximum atomic E-state index is 12.9. The lowest BCUT2D eigenvalue weighted by Gasteiger charge is -2.40. The molecule has 2 amide bonds. The minimum absolute atomic E-state index is 0.0768. The van der Waals surface area contributed by atoms with Crippen LogP contribution in [-0.2, 0) is 13.1 Å². The molecule has 2 saturated heterocycles. The molecule has 1 aromatic heterocycles. The van der Waals surface area contributed by atoms with Crippen molar-refractivity contribution in [2.45, 2.75) is 51.1 Å². The van der Waals surface area contributed by atoms with Crippen molar-refractivity contribution in [3.05, 3.63) is 61.7 Å². The Morgan fingerprint density at radius 1 is 1.15 bits per heavy atom. The van der Waals surface area contributed by atoms with Crippen molar-refractivity contribution in [1.29, 1.82) is 0 Å². The lowest BCUT2D eigenvalue weighted by Crippen LogP contribution is -2.50. The number of nitrogens with one attached hydrogen (secondary N) is 2. The van der Waals surface area contributed by atoms with Crippen molar-refractivity contribution in [1.82, 2.24) is 25.1 Å². The van der Waals surface area contributed by atoms with Gasteiger partial charge in [0.05, 0.1) is 22.3 Å². The largest absolute Gasteiger partial charge is 0.332 e. The van der Waals surface area contributed by atoms with Crippen LogP contribution < -0.4 is 10.9 Å². The molecule has 1 aromatic carbocycles. The number of urea groups is 1. The first kappa shape index (κ1) is 22.7. The van der Waals surface area contributed by atoms with Gasteiger partial charge in [-0.25, -0.2) is 9.78 Å². The molecular formula is C24H29Cl2N5O2. The van der Waals surface area contributed by atoms with Crippen LogP contribution in [0.2, 0.25) is 10.0 Å². The maximum absolute atomic E-state index is 12.9. The highest BCUT2D eigenvalue weighted by Crippen LogP contribution is 2.40. The molecule has 2 aliphatic heterocycles. The summed E-state index contributed by atoms with van der Waals surface area (Å²) in [7, 11) is 0. The number of hydrogen-bond acceptors (Lipinski definition) is 4. The minimum Gasteiger partial charge on any atom is -0.332 e. The number of nitrogens with zero attached hydrogens (tertiary/aromatic N) is 3. The van der Waals surface area contributed by atoms with Crippen LogP contribution in [0, 0.1) is 5.41 Å². The first-order valence-corrected chi connectivity index (χ1v) is 12.4. The summed E-state index contributed by atoms with van der Waals surface area (Å²) in [5.74, 6) is 1.11. The maximum Gasteiger partial charge on any atom is 0.317 e. The normalized spacial score (nSPS) is 23.3. The molecule has 1 aliphatic carbocycles. The molecule has 0 bridgehead atoms. The number of amides is 2. The third-order valence-corrected chi connectivity index (χ3v) is 7.79. The van der Waals surface area contributed by atoms with E-state index >= 15 is 0 Å². The lowest BCUT2D eigenvalue weighted by molar-refractivity contribution is 0.107. The van der Waals surface area contributed by atoms with E-state index < -0.39 is 0 Å². The average Bonchev–Trinajstić information content (AvgIpc) is 3.58. The van der Waals surface area contributed by atoms with Crippen molar-refractivity contribution < 1.29 is 4.79 Å². The van der Waals surface area contributed by atoms with E-state index in [1.165, 1.54) is 6.07 Å². The molecule has 9 heteroatoms. The fourth-order valence-corrected chi connectivity index (χ4v) is 5.54. The average molecular weight is 490 g/mol. The summed E-state index contributed by atoms with van der Waals surface area (Å²) in [6.45, 7) is 4.61. The fraction of sp³-hybridized carbons (Fsp3) is 0.542. The third-order valence-electron chi connectivity index (χ3n) is 7.05. The Balaban J connectivity index is 1.17. The van der Waals surface area contributed by atoms with Crippen molar-refractivity contribution in [3.63, 3.8) is 0 Å². The molecule has 3 aliphatic rings. The van der Waals surface area contributed by atoms with Gasteiger partial charge in [-0.1, -0.05) is 29.3 Å². The highest BCUT2D eigenvalue weighted by Gasteiger charge is 2.42. The number of benzene rings is 1. The number of rotatable bonds is 5. The molecule has 2 aromatic rings. The van der Waals surface area contributed by atoms with Gasteiger partial charge in [-0.05, 0) is 56.3 Å². The van der Waals surface area contributed by atoms with Crippen LogP contribution in [0.15, 0.2) is 29.1 Å². The van der Waals surface area contributed by atoms with Gasteiger partial charge >= 0.3 is 6.03 Å². The number of H-pyrrole nitrogens is 1. The zero-order valence-corrected chi connectivity index (χ0v) is 20.1. The van der Waals surface area contributed by atoms with E-state index in [9.17, 15) is 9.59 Å². The number of likely N-dealkylation sites (tertiary alicyclic amines) is 2. The predicted molar refractivity (Wildman–Crippen MR) is 129 cm³/mol. The second-order valence-electron chi connectivity index (χ2n) is 9.79. The van der Waals surface area contributed by atoms with Gasteiger partial charge in [-0.15, -0.1) is 0 Å². The van der Waals surface area contributed by atoms with E-state index in [0.717, 1.165) is 76.2 Å². The number of aromatic amines is 1. The molecule has 1 spiro atoms. The molecule has 1 atom stereocenters. The summed E-state index contributed by atoms with van der Waals surface area (Å²) in [6, 6.07) is 7.21. The van der Waals surface area contributed by atoms with Gasteiger partial charge < -0.3 is 15.2 Å².